The molecule has 0 saturated heterocycles. The molecule has 2 aromatic carbocycles. The van der Waals surface area contributed by atoms with Crippen molar-refractivity contribution in [3.8, 4) is 0 Å². The van der Waals surface area contributed by atoms with Crippen molar-refractivity contribution in [1.29, 1.82) is 0 Å². The average Bonchev–Trinajstić information content (AvgIpc) is 2.66. The van der Waals surface area contributed by atoms with E-state index < -0.39 is 11.9 Å². The van der Waals surface area contributed by atoms with Gasteiger partial charge in [-0.2, -0.15) is 0 Å². The van der Waals surface area contributed by atoms with Gasteiger partial charge in [-0.05, 0) is 29.8 Å². The predicted molar refractivity (Wildman–Crippen MR) is 91.4 cm³/mol. The molecular formula is C19H15NO5. The Bertz CT molecular complexity index is 989. The summed E-state index contributed by atoms with van der Waals surface area (Å²) in [6.45, 7) is 0.215. The van der Waals surface area contributed by atoms with Crippen LogP contribution in [0.3, 0.4) is 0 Å². The van der Waals surface area contributed by atoms with Crippen molar-refractivity contribution < 1.29 is 18.7 Å². The molecule has 0 aliphatic carbocycles. The third kappa shape index (κ3) is 3.42. The van der Waals surface area contributed by atoms with E-state index in [4.69, 9.17) is 4.42 Å². The van der Waals surface area contributed by atoms with Gasteiger partial charge in [-0.15, -0.1) is 0 Å². The van der Waals surface area contributed by atoms with Crippen LogP contribution < -0.4 is 10.7 Å². The molecule has 0 saturated carbocycles. The quantitative estimate of drug-likeness (QED) is 0.739. The van der Waals surface area contributed by atoms with Crippen LogP contribution in [0.2, 0.25) is 0 Å². The third-order valence-corrected chi connectivity index (χ3v) is 3.75. The second kappa shape index (κ2) is 7.00. The van der Waals surface area contributed by atoms with Crippen molar-refractivity contribution in [2.24, 2.45) is 0 Å². The number of amides is 1. The maximum absolute atomic E-state index is 12.4. The number of benzene rings is 2. The maximum Gasteiger partial charge on any atom is 0.337 e. The van der Waals surface area contributed by atoms with Gasteiger partial charge in [-0.1, -0.05) is 24.3 Å². The molecule has 0 unspecified atom stereocenters. The largest absolute Gasteiger partial charge is 0.465 e. The van der Waals surface area contributed by atoms with E-state index in [9.17, 15) is 14.4 Å². The summed E-state index contributed by atoms with van der Waals surface area (Å²) in [5.41, 5.74) is 1.21. The molecule has 6 heteroatoms. The topological polar surface area (TPSA) is 85.6 Å². The smallest absolute Gasteiger partial charge is 0.337 e. The zero-order valence-corrected chi connectivity index (χ0v) is 13.4. The number of hydrogen-bond acceptors (Lipinski definition) is 5. The molecule has 0 aliphatic heterocycles. The summed E-state index contributed by atoms with van der Waals surface area (Å²) in [4.78, 5) is 36.0. The van der Waals surface area contributed by atoms with Crippen molar-refractivity contribution in [2.45, 2.75) is 6.54 Å². The minimum absolute atomic E-state index is 0.0510. The minimum Gasteiger partial charge on any atom is -0.465 e. The first-order chi connectivity index (χ1) is 12.1. The van der Waals surface area contributed by atoms with E-state index >= 15 is 0 Å². The third-order valence-electron chi connectivity index (χ3n) is 3.75. The molecule has 1 aromatic heterocycles. The van der Waals surface area contributed by atoms with Crippen LogP contribution in [0.5, 0.6) is 0 Å². The molecule has 126 valence electrons. The van der Waals surface area contributed by atoms with Crippen LogP contribution in [0.25, 0.3) is 11.0 Å². The molecule has 3 rings (SSSR count). The Hall–Kier alpha value is -3.41. The monoisotopic (exact) mass is 337 g/mol. The van der Waals surface area contributed by atoms with Gasteiger partial charge in [0.15, 0.2) is 0 Å². The molecule has 3 aromatic rings. The van der Waals surface area contributed by atoms with Crippen LogP contribution in [0.4, 0.5) is 0 Å². The van der Waals surface area contributed by atoms with Crippen molar-refractivity contribution in [3.05, 3.63) is 81.7 Å². The van der Waals surface area contributed by atoms with Crippen LogP contribution in [0.1, 0.15) is 26.3 Å². The van der Waals surface area contributed by atoms with E-state index in [1.54, 1.807) is 48.5 Å². The number of esters is 1. The van der Waals surface area contributed by atoms with Crippen LogP contribution in [-0.2, 0) is 11.3 Å². The number of ether oxygens (including phenoxy) is 1. The number of nitrogens with one attached hydrogen (secondary N) is 1. The van der Waals surface area contributed by atoms with Gasteiger partial charge in [0.2, 0.25) is 5.43 Å². The summed E-state index contributed by atoms with van der Waals surface area (Å²) in [6.07, 6.45) is 1.17. The van der Waals surface area contributed by atoms with E-state index in [0.29, 0.717) is 16.5 Å². The highest BCUT2D eigenvalue weighted by Gasteiger charge is 2.14. The molecule has 1 amide bonds. The van der Waals surface area contributed by atoms with E-state index in [1.165, 1.54) is 13.4 Å². The summed E-state index contributed by atoms with van der Waals surface area (Å²) < 4.78 is 9.97. The lowest BCUT2D eigenvalue weighted by atomic mass is 10.1. The molecule has 0 atom stereocenters. The lowest BCUT2D eigenvalue weighted by Crippen LogP contribution is -2.28. The maximum atomic E-state index is 12.4. The van der Waals surface area contributed by atoms with Crippen molar-refractivity contribution in [3.63, 3.8) is 0 Å². The fourth-order valence-corrected chi connectivity index (χ4v) is 2.39. The number of fused-ring (bicyclic) bond motifs is 1. The number of carbonyl (C=O) groups is 2. The number of carbonyl (C=O) groups excluding carboxylic acids is 2. The van der Waals surface area contributed by atoms with E-state index in [-0.39, 0.29) is 17.5 Å². The Balaban J connectivity index is 1.74. The first kappa shape index (κ1) is 16.4. The lowest BCUT2D eigenvalue weighted by Gasteiger charge is -2.06. The highest BCUT2D eigenvalue weighted by molar-refractivity contribution is 5.96. The normalized spacial score (nSPS) is 10.4. The number of methoxy groups -OCH3 is 1. The van der Waals surface area contributed by atoms with Gasteiger partial charge in [0.1, 0.15) is 17.4 Å². The van der Waals surface area contributed by atoms with Gasteiger partial charge >= 0.3 is 5.97 Å². The van der Waals surface area contributed by atoms with Crippen molar-refractivity contribution >= 4 is 22.8 Å². The van der Waals surface area contributed by atoms with Gasteiger partial charge in [0.25, 0.3) is 5.91 Å². The first-order valence-corrected chi connectivity index (χ1v) is 7.56. The number of rotatable bonds is 4. The lowest BCUT2D eigenvalue weighted by molar-refractivity contribution is 0.0600. The Kier molecular flexibility index (Phi) is 4.61. The highest BCUT2D eigenvalue weighted by atomic mass is 16.5. The first-order valence-electron chi connectivity index (χ1n) is 7.56. The Labute approximate surface area is 143 Å². The minimum atomic E-state index is -0.517. The number of para-hydroxylation sites is 1. The zero-order chi connectivity index (χ0) is 17.8. The fraction of sp³-hybridized carbons (Fsp3) is 0.105. The fourth-order valence-electron chi connectivity index (χ4n) is 2.39. The summed E-state index contributed by atoms with van der Waals surface area (Å²) in [7, 11) is 1.31. The molecule has 0 radical (unpaired) electrons. The zero-order valence-electron chi connectivity index (χ0n) is 13.4. The Morgan fingerprint density at radius 1 is 1.08 bits per heavy atom. The Morgan fingerprint density at radius 3 is 2.52 bits per heavy atom. The molecule has 6 nitrogen and oxygen atoms in total. The summed E-state index contributed by atoms with van der Waals surface area (Å²) in [5.74, 6) is -0.944. The van der Waals surface area contributed by atoms with Crippen molar-refractivity contribution in [1.82, 2.24) is 5.32 Å². The number of hydrogen-bond donors (Lipinski definition) is 1. The molecule has 0 spiro atoms. The van der Waals surface area contributed by atoms with Crippen LogP contribution in [0.15, 0.2) is 64.0 Å². The van der Waals surface area contributed by atoms with Crippen molar-refractivity contribution in [2.75, 3.05) is 7.11 Å². The van der Waals surface area contributed by atoms with Gasteiger partial charge in [0, 0.05) is 6.54 Å². The average molecular weight is 337 g/mol. The molecule has 1 N–H and O–H groups in total. The van der Waals surface area contributed by atoms with Gasteiger partial charge in [-0.3, -0.25) is 9.59 Å². The molecular weight excluding hydrogens is 322 g/mol. The molecule has 0 bridgehead atoms. The predicted octanol–water partition coefficient (Wildman–Crippen LogP) is 2.51. The van der Waals surface area contributed by atoms with E-state index in [2.05, 4.69) is 10.1 Å². The molecule has 1 heterocycles. The van der Waals surface area contributed by atoms with Crippen LogP contribution >= 0.6 is 0 Å². The van der Waals surface area contributed by atoms with Gasteiger partial charge < -0.3 is 14.5 Å². The second-order valence-corrected chi connectivity index (χ2v) is 5.35. The summed E-state index contributed by atoms with van der Waals surface area (Å²) >= 11 is 0. The Morgan fingerprint density at radius 2 is 1.80 bits per heavy atom. The van der Waals surface area contributed by atoms with Gasteiger partial charge in [-0.25, -0.2) is 4.79 Å². The molecule has 0 aliphatic rings. The van der Waals surface area contributed by atoms with E-state index in [1.807, 2.05) is 0 Å². The summed E-state index contributed by atoms with van der Waals surface area (Å²) in [5, 5.41) is 3.03. The highest BCUT2D eigenvalue weighted by Crippen LogP contribution is 2.11. The van der Waals surface area contributed by atoms with Crippen LogP contribution in [0, 0.1) is 0 Å². The molecule has 25 heavy (non-hydrogen) atoms. The van der Waals surface area contributed by atoms with E-state index in [0.717, 1.165) is 5.56 Å². The second-order valence-electron chi connectivity index (χ2n) is 5.35. The standard InChI is InChI=1S/C19H15NO5/c1-24-19(23)13-8-6-12(7-9-13)10-20-18(22)15-11-25-16-5-3-2-4-14(16)17(15)21/h2-9,11H,10H2,1H3,(H,20,22). The SMILES string of the molecule is COC(=O)c1ccc(CNC(=O)c2coc3ccccc3c2=O)cc1. The molecule has 0 fully saturated rings. The summed E-state index contributed by atoms with van der Waals surface area (Å²) in [6, 6.07) is 13.4. The van der Waals surface area contributed by atoms with Gasteiger partial charge in [0.05, 0.1) is 18.1 Å². The van der Waals surface area contributed by atoms with Crippen LogP contribution in [-0.4, -0.2) is 19.0 Å².